The van der Waals surface area contributed by atoms with E-state index >= 15 is 0 Å². The van der Waals surface area contributed by atoms with Gasteiger partial charge in [0.05, 0.1) is 5.00 Å². The zero-order valence-electron chi connectivity index (χ0n) is 17.0. The van der Waals surface area contributed by atoms with Crippen molar-refractivity contribution in [2.45, 2.75) is 66.5 Å². The van der Waals surface area contributed by atoms with Crippen molar-refractivity contribution in [3.63, 3.8) is 0 Å². The highest BCUT2D eigenvalue weighted by Crippen LogP contribution is 2.36. The number of carbonyl (C=O) groups excluding carboxylic acids is 1. The third-order valence-electron chi connectivity index (χ3n) is 4.22. The molecular weight excluding hydrogens is 354 g/mol. The van der Waals surface area contributed by atoms with Gasteiger partial charge in [0.1, 0.15) is 0 Å². The molecule has 0 saturated heterocycles. The minimum Gasteiger partial charge on any atom is -0.317 e. The normalized spacial score (nSPS) is 14.4. The molecule has 0 unspecified atom stereocenters. The van der Waals surface area contributed by atoms with Gasteiger partial charge in [0.15, 0.2) is 0 Å². The summed E-state index contributed by atoms with van der Waals surface area (Å²) in [6.07, 6.45) is 4.19. The molecular formula is C19H36ClN3OS. The maximum atomic E-state index is 12.1. The van der Waals surface area contributed by atoms with Gasteiger partial charge in [0.2, 0.25) is 5.91 Å². The predicted octanol–water partition coefficient (Wildman–Crippen LogP) is 4.64. The van der Waals surface area contributed by atoms with E-state index in [0.717, 1.165) is 37.5 Å². The van der Waals surface area contributed by atoms with Gasteiger partial charge in [-0.15, -0.1) is 22.9 Å². The average Bonchev–Trinajstić information content (AvgIpc) is 2.93. The summed E-state index contributed by atoms with van der Waals surface area (Å²) in [7, 11) is 2.15. The molecule has 0 bridgehead atoms. The third-order valence-corrected chi connectivity index (χ3v) is 5.46. The summed E-state index contributed by atoms with van der Waals surface area (Å²) in [5.41, 5.74) is 2.72. The van der Waals surface area contributed by atoms with E-state index in [2.05, 4.69) is 55.0 Å². The Bertz CT molecular complexity index is 505. The lowest BCUT2D eigenvalue weighted by molar-refractivity contribution is -0.116. The van der Waals surface area contributed by atoms with Crippen molar-refractivity contribution in [2.75, 3.05) is 31.8 Å². The summed E-state index contributed by atoms with van der Waals surface area (Å²) in [5, 5.41) is 7.49. The van der Waals surface area contributed by atoms with E-state index in [0.29, 0.717) is 12.5 Å². The van der Waals surface area contributed by atoms with Crippen LogP contribution in [0, 0.1) is 6.92 Å². The number of halogens is 1. The van der Waals surface area contributed by atoms with Gasteiger partial charge in [0, 0.05) is 43.4 Å². The number of thiophene rings is 1. The van der Waals surface area contributed by atoms with Gasteiger partial charge in [-0.2, -0.15) is 0 Å². The molecule has 1 aliphatic heterocycles. The second-order valence-corrected chi connectivity index (χ2v) is 7.11. The minimum atomic E-state index is 0.112. The van der Waals surface area contributed by atoms with Gasteiger partial charge in [-0.25, -0.2) is 0 Å². The van der Waals surface area contributed by atoms with Crippen LogP contribution in [0.5, 0.6) is 0 Å². The van der Waals surface area contributed by atoms with E-state index in [9.17, 15) is 4.79 Å². The van der Waals surface area contributed by atoms with Gasteiger partial charge in [0.25, 0.3) is 0 Å². The molecule has 146 valence electrons. The molecule has 0 saturated carbocycles. The molecule has 25 heavy (non-hydrogen) atoms. The number of amides is 1. The highest BCUT2D eigenvalue weighted by Gasteiger charge is 2.21. The zero-order valence-corrected chi connectivity index (χ0v) is 18.5. The van der Waals surface area contributed by atoms with Crippen LogP contribution in [0.3, 0.4) is 0 Å². The lowest BCUT2D eigenvalue weighted by Crippen LogP contribution is -2.28. The van der Waals surface area contributed by atoms with Crippen LogP contribution in [0.1, 0.15) is 56.5 Å². The maximum absolute atomic E-state index is 12.1. The summed E-state index contributed by atoms with van der Waals surface area (Å²) in [4.78, 5) is 15.8. The first-order valence-electron chi connectivity index (χ1n) is 9.22. The second kappa shape index (κ2) is 13.6. The van der Waals surface area contributed by atoms with E-state index in [1.165, 1.54) is 22.4 Å². The molecule has 0 aliphatic carbocycles. The van der Waals surface area contributed by atoms with Crippen molar-refractivity contribution in [3.8, 4) is 0 Å². The summed E-state index contributed by atoms with van der Waals surface area (Å²) in [6.45, 7) is 13.3. The van der Waals surface area contributed by atoms with Crippen LogP contribution >= 0.6 is 22.9 Å². The smallest absolute Gasteiger partial charge is 0.226 e. The molecule has 4 nitrogen and oxygen atoms in total. The van der Waals surface area contributed by atoms with Crippen molar-refractivity contribution in [1.82, 2.24) is 10.2 Å². The summed E-state index contributed by atoms with van der Waals surface area (Å²) >= 11 is 6.38. The molecule has 0 radical (unpaired) electrons. The first-order chi connectivity index (χ1) is 12.0. The Labute approximate surface area is 163 Å². The molecule has 1 aromatic rings. The van der Waals surface area contributed by atoms with E-state index < -0.39 is 0 Å². The lowest BCUT2D eigenvalue weighted by Gasteiger charge is -2.22. The number of fused-ring (bicyclic) bond motifs is 1. The van der Waals surface area contributed by atoms with Crippen molar-refractivity contribution < 1.29 is 4.79 Å². The number of alkyl halides is 1. The summed E-state index contributed by atoms with van der Waals surface area (Å²) in [6, 6.07) is 0.476. The highest BCUT2D eigenvalue weighted by atomic mass is 35.5. The molecule has 0 spiro atoms. The fourth-order valence-corrected chi connectivity index (χ4v) is 3.92. The highest BCUT2D eigenvalue weighted by molar-refractivity contribution is 7.16. The van der Waals surface area contributed by atoms with Crippen molar-refractivity contribution in [1.29, 1.82) is 0 Å². The van der Waals surface area contributed by atoms with E-state index in [1.54, 1.807) is 11.3 Å². The van der Waals surface area contributed by atoms with Crippen LogP contribution in [-0.2, 0) is 17.8 Å². The Balaban J connectivity index is 0.00000134. The van der Waals surface area contributed by atoms with E-state index in [4.69, 9.17) is 0 Å². The Morgan fingerprint density at radius 2 is 2.00 bits per heavy atom. The SMILES string of the molecule is CC.CC[C@@H](C)NCCC(=O)Nc1sc2c(c1C)CCN(C)C2.CCl. The summed E-state index contributed by atoms with van der Waals surface area (Å²) < 4.78 is 0. The van der Waals surface area contributed by atoms with Crippen molar-refractivity contribution in [3.05, 3.63) is 16.0 Å². The largest absolute Gasteiger partial charge is 0.317 e. The fraction of sp³-hybridized carbons (Fsp3) is 0.737. The molecule has 0 fully saturated rings. The first-order valence-corrected chi connectivity index (χ1v) is 10.8. The summed E-state index contributed by atoms with van der Waals surface area (Å²) in [5.74, 6) is 0.112. The minimum absolute atomic E-state index is 0.112. The molecule has 1 aromatic heterocycles. The average molecular weight is 390 g/mol. The van der Waals surface area contributed by atoms with E-state index in [-0.39, 0.29) is 5.91 Å². The van der Waals surface area contributed by atoms with E-state index in [1.807, 2.05) is 13.8 Å². The second-order valence-electron chi connectivity index (χ2n) is 6.01. The van der Waals surface area contributed by atoms with Crippen molar-refractivity contribution in [2.24, 2.45) is 0 Å². The van der Waals surface area contributed by atoms with Crippen LogP contribution in [0.15, 0.2) is 0 Å². The molecule has 1 amide bonds. The zero-order chi connectivity index (χ0) is 19.4. The topological polar surface area (TPSA) is 44.4 Å². The van der Waals surface area contributed by atoms with Gasteiger partial charge >= 0.3 is 0 Å². The third kappa shape index (κ3) is 8.07. The van der Waals surface area contributed by atoms with Crippen LogP contribution in [0.25, 0.3) is 0 Å². The number of rotatable bonds is 6. The molecule has 6 heteroatoms. The van der Waals surface area contributed by atoms with Gasteiger partial charge in [-0.1, -0.05) is 20.8 Å². The maximum Gasteiger partial charge on any atom is 0.226 e. The quantitative estimate of drug-likeness (QED) is 0.696. The van der Waals surface area contributed by atoms with Crippen LogP contribution in [0.2, 0.25) is 0 Å². The van der Waals surface area contributed by atoms with Gasteiger partial charge < -0.3 is 15.5 Å². The Hall–Kier alpha value is -0.620. The molecule has 2 N–H and O–H groups in total. The van der Waals surface area contributed by atoms with Crippen LogP contribution in [-0.4, -0.2) is 43.4 Å². The number of anilines is 1. The molecule has 0 aromatic carbocycles. The molecule has 1 atom stereocenters. The number of carbonyl (C=O) groups is 1. The standard InChI is InChI=1S/C16H27N3OS.C2H6.CH3Cl/c1-5-11(2)17-8-6-15(20)18-16-12(3)13-7-9-19(4)10-14(13)21-16;2*1-2/h11,17H,5-10H2,1-4H3,(H,18,20);1-2H3;1H3/t11-;;/m1../s1. The van der Waals surface area contributed by atoms with Crippen molar-refractivity contribution >= 4 is 33.8 Å². The molecule has 2 heterocycles. The lowest BCUT2D eigenvalue weighted by atomic mass is 10.0. The fourth-order valence-electron chi connectivity index (χ4n) is 2.57. The Morgan fingerprint density at radius 1 is 1.36 bits per heavy atom. The van der Waals surface area contributed by atoms with Gasteiger partial charge in [-0.3, -0.25) is 4.79 Å². The first kappa shape index (κ1) is 24.4. The number of likely N-dealkylation sites (N-methyl/N-ethyl adjacent to an activating group) is 1. The monoisotopic (exact) mass is 389 g/mol. The number of nitrogens with zero attached hydrogens (tertiary/aromatic N) is 1. The Kier molecular flexibility index (Phi) is 13.2. The Morgan fingerprint density at radius 3 is 2.60 bits per heavy atom. The number of hydrogen-bond donors (Lipinski definition) is 2. The van der Waals surface area contributed by atoms with Crippen LogP contribution < -0.4 is 10.6 Å². The number of nitrogens with one attached hydrogen (secondary N) is 2. The molecule has 2 rings (SSSR count). The van der Waals surface area contributed by atoms with Crippen LogP contribution in [0.4, 0.5) is 5.00 Å². The predicted molar refractivity (Wildman–Crippen MR) is 113 cm³/mol. The van der Waals surface area contributed by atoms with Gasteiger partial charge in [-0.05, 0) is 44.9 Å². The number of hydrogen-bond acceptors (Lipinski definition) is 4. The molecule has 1 aliphatic rings.